The van der Waals surface area contributed by atoms with Crippen LogP contribution >= 0.6 is 0 Å². The Morgan fingerprint density at radius 1 is 1.09 bits per heavy atom. The van der Waals surface area contributed by atoms with Gasteiger partial charge < -0.3 is 9.64 Å². The zero-order valence-electron chi connectivity index (χ0n) is 14.1. The third-order valence-electron chi connectivity index (χ3n) is 4.81. The van der Waals surface area contributed by atoms with E-state index in [2.05, 4.69) is 48.7 Å². The van der Waals surface area contributed by atoms with Crippen molar-refractivity contribution >= 4 is 11.8 Å². The number of nitrogens with zero attached hydrogens (tertiary/aromatic N) is 1. The summed E-state index contributed by atoms with van der Waals surface area (Å²) in [4.78, 5) is 2.50. The number of methoxy groups -OCH3 is 1. The fourth-order valence-corrected chi connectivity index (χ4v) is 3.21. The van der Waals surface area contributed by atoms with Crippen LogP contribution in [0.25, 0.3) is 17.2 Å². The third kappa shape index (κ3) is 3.42. The SMILES string of the molecule is C=Cc1ccc(N2CCC(C)CC2)cc1-c1ccc(OC)cc1. The van der Waals surface area contributed by atoms with Crippen LogP contribution in [0, 0.1) is 5.92 Å². The molecule has 0 amide bonds. The minimum atomic E-state index is 0.847. The smallest absolute Gasteiger partial charge is 0.118 e. The molecule has 0 N–H and O–H groups in total. The van der Waals surface area contributed by atoms with Gasteiger partial charge in [-0.05, 0) is 59.7 Å². The van der Waals surface area contributed by atoms with Crippen LogP contribution in [0.15, 0.2) is 49.0 Å². The van der Waals surface area contributed by atoms with E-state index in [-0.39, 0.29) is 0 Å². The van der Waals surface area contributed by atoms with Crippen molar-refractivity contribution in [2.45, 2.75) is 19.8 Å². The number of hydrogen-bond donors (Lipinski definition) is 0. The van der Waals surface area contributed by atoms with E-state index < -0.39 is 0 Å². The Labute approximate surface area is 139 Å². The molecule has 3 rings (SSSR count). The molecule has 23 heavy (non-hydrogen) atoms. The fourth-order valence-electron chi connectivity index (χ4n) is 3.21. The summed E-state index contributed by atoms with van der Waals surface area (Å²) in [7, 11) is 1.70. The second kappa shape index (κ2) is 6.91. The molecule has 0 bridgehead atoms. The third-order valence-corrected chi connectivity index (χ3v) is 4.81. The van der Waals surface area contributed by atoms with E-state index in [1.54, 1.807) is 7.11 Å². The van der Waals surface area contributed by atoms with Gasteiger partial charge in [0.25, 0.3) is 0 Å². The first-order valence-electron chi connectivity index (χ1n) is 8.37. The molecular formula is C21H25NO. The molecule has 0 saturated carbocycles. The summed E-state index contributed by atoms with van der Waals surface area (Å²) >= 11 is 0. The minimum absolute atomic E-state index is 0.847. The van der Waals surface area contributed by atoms with Gasteiger partial charge in [0.05, 0.1) is 7.11 Å². The molecule has 2 heteroatoms. The summed E-state index contributed by atoms with van der Waals surface area (Å²) in [5, 5.41) is 0. The van der Waals surface area contributed by atoms with Gasteiger partial charge in [-0.3, -0.25) is 0 Å². The average molecular weight is 307 g/mol. The largest absolute Gasteiger partial charge is 0.497 e. The summed E-state index contributed by atoms with van der Waals surface area (Å²) in [6.07, 6.45) is 4.49. The lowest BCUT2D eigenvalue weighted by molar-refractivity contribution is 0.415. The first-order valence-corrected chi connectivity index (χ1v) is 8.37. The summed E-state index contributed by atoms with van der Waals surface area (Å²) in [6, 6.07) is 15.0. The van der Waals surface area contributed by atoms with Crippen LogP contribution in [0.3, 0.4) is 0 Å². The molecule has 120 valence electrons. The van der Waals surface area contributed by atoms with Crippen molar-refractivity contribution in [3.8, 4) is 16.9 Å². The molecule has 0 aromatic heterocycles. The topological polar surface area (TPSA) is 12.5 Å². The Balaban J connectivity index is 1.94. The molecule has 0 unspecified atom stereocenters. The second-order valence-corrected chi connectivity index (χ2v) is 6.37. The highest BCUT2D eigenvalue weighted by Crippen LogP contribution is 2.32. The van der Waals surface area contributed by atoms with Crippen LogP contribution in [0.4, 0.5) is 5.69 Å². The molecule has 1 aliphatic rings. The molecular weight excluding hydrogens is 282 g/mol. The van der Waals surface area contributed by atoms with E-state index in [4.69, 9.17) is 4.74 Å². The van der Waals surface area contributed by atoms with Crippen molar-refractivity contribution in [3.63, 3.8) is 0 Å². The molecule has 1 saturated heterocycles. The lowest BCUT2D eigenvalue weighted by atomic mass is 9.96. The number of benzene rings is 2. The van der Waals surface area contributed by atoms with Crippen LogP contribution < -0.4 is 9.64 Å². The second-order valence-electron chi connectivity index (χ2n) is 6.37. The van der Waals surface area contributed by atoms with Gasteiger partial charge >= 0.3 is 0 Å². The van der Waals surface area contributed by atoms with Crippen molar-refractivity contribution in [2.75, 3.05) is 25.1 Å². The van der Waals surface area contributed by atoms with Gasteiger partial charge in [-0.1, -0.05) is 37.8 Å². The molecule has 2 aromatic carbocycles. The summed E-state index contributed by atoms with van der Waals surface area (Å²) < 4.78 is 5.26. The predicted molar refractivity (Wildman–Crippen MR) is 99.1 cm³/mol. The van der Waals surface area contributed by atoms with Gasteiger partial charge in [-0.15, -0.1) is 0 Å². The van der Waals surface area contributed by atoms with Gasteiger partial charge in [0.15, 0.2) is 0 Å². The summed E-state index contributed by atoms with van der Waals surface area (Å²) in [5.74, 6) is 1.73. The molecule has 2 aromatic rings. The van der Waals surface area contributed by atoms with Crippen LogP contribution in [0.2, 0.25) is 0 Å². The number of rotatable bonds is 4. The highest BCUT2D eigenvalue weighted by Gasteiger charge is 2.17. The zero-order chi connectivity index (χ0) is 16.2. The fraction of sp³-hybridized carbons (Fsp3) is 0.333. The Morgan fingerprint density at radius 2 is 1.78 bits per heavy atom. The van der Waals surface area contributed by atoms with Crippen molar-refractivity contribution in [3.05, 3.63) is 54.6 Å². The van der Waals surface area contributed by atoms with Crippen molar-refractivity contribution in [1.29, 1.82) is 0 Å². The highest BCUT2D eigenvalue weighted by molar-refractivity contribution is 5.78. The molecule has 1 aliphatic heterocycles. The quantitative estimate of drug-likeness (QED) is 0.765. The molecule has 1 fully saturated rings. The van der Waals surface area contributed by atoms with Crippen LogP contribution in [-0.4, -0.2) is 20.2 Å². The van der Waals surface area contributed by atoms with Crippen molar-refractivity contribution in [2.24, 2.45) is 5.92 Å². The Morgan fingerprint density at radius 3 is 2.39 bits per heavy atom. The van der Waals surface area contributed by atoms with Crippen molar-refractivity contribution < 1.29 is 4.74 Å². The predicted octanol–water partition coefficient (Wildman–Crippen LogP) is 5.24. The lowest BCUT2D eigenvalue weighted by Crippen LogP contribution is -2.32. The monoisotopic (exact) mass is 307 g/mol. The van der Waals surface area contributed by atoms with E-state index in [0.29, 0.717) is 0 Å². The van der Waals surface area contributed by atoms with E-state index in [0.717, 1.165) is 24.8 Å². The minimum Gasteiger partial charge on any atom is -0.497 e. The molecule has 0 spiro atoms. The normalized spacial score (nSPS) is 15.5. The standard InChI is InChI=1S/C21H25NO/c1-4-17-5-8-19(22-13-11-16(2)12-14-22)15-21(17)18-6-9-20(23-3)10-7-18/h4-10,15-16H,1,11-14H2,2-3H3. The highest BCUT2D eigenvalue weighted by atomic mass is 16.5. The maximum Gasteiger partial charge on any atom is 0.118 e. The molecule has 0 aliphatic carbocycles. The number of hydrogen-bond acceptors (Lipinski definition) is 2. The molecule has 0 radical (unpaired) electrons. The van der Waals surface area contributed by atoms with Crippen LogP contribution in [-0.2, 0) is 0 Å². The zero-order valence-corrected chi connectivity index (χ0v) is 14.1. The van der Waals surface area contributed by atoms with Gasteiger partial charge in [0.2, 0.25) is 0 Å². The maximum absolute atomic E-state index is 5.26. The number of anilines is 1. The van der Waals surface area contributed by atoms with Gasteiger partial charge in [-0.25, -0.2) is 0 Å². The van der Waals surface area contributed by atoms with Crippen LogP contribution in [0.1, 0.15) is 25.3 Å². The lowest BCUT2D eigenvalue weighted by Gasteiger charge is -2.32. The Kier molecular flexibility index (Phi) is 4.71. The van der Waals surface area contributed by atoms with E-state index in [1.165, 1.54) is 35.2 Å². The van der Waals surface area contributed by atoms with E-state index >= 15 is 0 Å². The van der Waals surface area contributed by atoms with Gasteiger partial charge in [-0.2, -0.15) is 0 Å². The van der Waals surface area contributed by atoms with Crippen LogP contribution in [0.5, 0.6) is 5.75 Å². The van der Waals surface area contributed by atoms with Crippen molar-refractivity contribution in [1.82, 2.24) is 0 Å². The maximum atomic E-state index is 5.26. The number of ether oxygens (including phenoxy) is 1. The first kappa shape index (κ1) is 15.7. The Bertz CT molecular complexity index is 667. The van der Waals surface area contributed by atoms with Gasteiger partial charge in [0.1, 0.15) is 5.75 Å². The first-order chi connectivity index (χ1) is 11.2. The average Bonchev–Trinajstić information content (AvgIpc) is 2.62. The summed E-state index contributed by atoms with van der Waals surface area (Å²) in [5.41, 5.74) is 4.92. The molecule has 2 nitrogen and oxygen atoms in total. The number of piperidine rings is 1. The van der Waals surface area contributed by atoms with E-state index in [1.807, 2.05) is 18.2 Å². The van der Waals surface area contributed by atoms with Gasteiger partial charge in [0, 0.05) is 18.8 Å². The van der Waals surface area contributed by atoms with E-state index in [9.17, 15) is 0 Å². The molecule has 1 heterocycles. The molecule has 0 atom stereocenters. The Hall–Kier alpha value is -2.22. The summed E-state index contributed by atoms with van der Waals surface area (Å²) in [6.45, 7) is 8.61.